The molecule has 1 aliphatic carbocycles. The van der Waals surface area contributed by atoms with Gasteiger partial charge in [0.05, 0.1) is 24.7 Å². The molecule has 1 saturated heterocycles. The predicted octanol–water partition coefficient (Wildman–Crippen LogP) is 3.39. The first kappa shape index (κ1) is 24.2. The second kappa shape index (κ2) is 9.87. The first-order valence-corrected chi connectivity index (χ1v) is 12.1. The van der Waals surface area contributed by atoms with Crippen molar-refractivity contribution in [2.45, 2.75) is 63.0 Å². The van der Waals surface area contributed by atoms with Gasteiger partial charge in [-0.15, -0.1) is 13.2 Å². The maximum Gasteiger partial charge on any atom is 0.573 e. The fourth-order valence-corrected chi connectivity index (χ4v) is 5.57. The Bertz CT molecular complexity index is 1160. The molecule has 2 fully saturated rings. The number of rotatable bonds is 5. The third kappa shape index (κ3) is 4.91. The first-order chi connectivity index (χ1) is 17.3. The number of alkyl halides is 3. The molecule has 1 unspecified atom stereocenters. The van der Waals surface area contributed by atoms with Gasteiger partial charge in [-0.2, -0.15) is 0 Å². The van der Waals surface area contributed by atoms with Crippen LogP contribution in [0.4, 0.5) is 13.2 Å². The number of benzene rings is 1. The standard InChI is InChI=1S/C25H26F3N5O3/c26-25(27,28)36-19-9-4-1-6-15(19)23-22-17(14-31-24(22)35)32-16-7-2-3-8-18(16)33(23)21(34)11-10-20-29-12-5-13-30-20/h1,4-6,9,12-13,16,18,22-23H,2-3,7-8,10-11,14H2,(H,31,35)/t16-,18-,22?,23-/m1/s1. The van der Waals surface area contributed by atoms with Gasteiger partial charge in [0.25, 0.3) is 0 Å². The number of hydrogen-bond donors (Lipinski definition) is 1. The molecule has 1 aromatic carbocycles. The van der Waals surface area contributed by atoms with E-state index in [0.717, 1.165) is 19.3 Å². The molecule has 3 aliphatic rings. The summed E-state index contributed by atoms with van der Waals surface area (Å²) in [5.41, 5.74) is 0.713. The lowest BCUT2D eigenvalue weighted by Crippen LogP contribution is -2.51. The summed E-state index contributed by atoms with van der Waals surface area (Å²) in [6.45, 7) is 0.214. The lowest BCUT2D eigenvalue weighted by Gasteiger charge is -2.42. The van der Waals surface area contributed by atoms with Gasteiger partial charge in [0.15, 0.2) is 0 Å². The van der Waals surface area contributed by atoms with Crippen LogP contribution in [0.3, 0.4) is 0 Å². The molecule has 1 aromatic heterocycles. The maximum absolute atomic E-state index is 13.9. The molecule has 11 heteroatoms. The lowest BCUT2D eigenvalue weighted by atomic mass is 9.85. The van der Waals surface area contributed by atoms with Gasteiger partial charge in [-0.25, -0.2) is 9.97 Å². The van der Waals surface area contributed by atoms with Crippen molar-refractivity contribution in [1.82, 2.24) is 20.2 Å². The van der Waals surface area contributed by atoms with E-state index in [1.165, 1.54) is 18.2 Å². The number of amides is 2. The molecular formula is C25H26F3N5O3. The average molecular weight is 502 g/mol. The Labute approximate surface area is 206 Å². The van der Waals surface area contributed by atoms with E-state index >= 15 is 0 Å². The number of carbonyl (C=O) groups is 2. The summed E-state index contributed by atoms with van der Waals surface area (Å²) in [4.78, 5) is 41.8. The minimum absolute atomic E-state index is 0.0513. The molecule has 190 valence electrons. The summed E-state index contributed by atoms with van der Waals surface area (Å²) in [5.74, 6) is -1.46. The number of aryl methyl sites for hydroxylation is 1. The minimum atomic E-state index is -4.93. The SMILES string of the molecule is O=C1NCC2=N[C@@H]3CCCC[C@H]3N(C(=O)CCc3ncccn3)[C@H](c3ccccc3OC(F)(F)F)C12. The number of nitrogens with zero attached hydrogens (tertiary/aromatic N) is 4. The monoisotopic (exact) mass is 501 g/mol. The number of halogens is 3. The van der Waals surface area contributed by atoms with Gasteiger partial charge in [0.2, 0.25) is 11.8 Å². The number of nitrogens with one attached hydrogen (secondary N) is 1. The summed E-state index contributed by atoms with van der Waals surface area (Å²) in [6, 6.07) is 5.88. The van der Waals surface area contributed by atoms with E-state index in [1.807, 2.05) is 0 Å². The molecule has 2 aromatic rings. The zero-order valence-corrected chi connectivity index (χ0v) is 19.4. The van der Waals surface area contributed by atoms with Crippen molar-refractivity contribution in [3.05, 3.63) is 54.1 Å². The fourth-order valence-electron chi connectivity index (χ4n) is 5.57. The Morgan fingerprint density at radius 3 is 2.64 bits per heavy atom. The van der Waals surface area contributed by atoms with Crippen LogP contribution in [0, 0.1) is 5.92 Å². The number of aliphatic imine (C=N–C) groups is 1. The van der Waals surface area contributed by atoms with Crippen molar-refractivity contribution in [2.24, 2.45) is 10.9 Å². The van der Waals surface area contributed by atoms with Crippen molar-refractivity contribution in [3.63, 3.8) is 0 Å². The Morgan fingerprint density at radius 1 is 1.11 bits per heavy atom. The predicted molar refractivity (Wildman–Crippen MR) is 123 cm³/mol. The van der Waals surface area contributed by atoms with Gasteiger partial charge in [-0.05, 0) is 25.0 Å². The molecule has 0 spiro atoms. The van der Waals surface area contributed by atoms with E-state index in [2.05, 4.69) is 20.0 Å². The summed E-state index contributed by atoms with van der Waals surface area (Å²) in [7, 11) is 0. The van der Waals surface area contributed by atoms with Crippen LogP contribution >= 0.6 is 0 Å². The van der Waals surface area contributed by atoms with Gasteiger partial charge in [0, 0.05) is 36.5 Å². The van der Waals surface area contributed by atoms with Crippen LogP contribution in [0.1, 0.15) is 49.5 Å². The van der Waals surface area contributed by atoms with E-state index in [-0.39, 0.29) is 48.8 Å². The van der Waals surface area contributed by atoms with Crippen LogP contribution in [0.2, 0.25) is 0 Å². The van der Waals surface area contributed by atoms with Crippen molar-refractivity contribution in [3.8, 4) is 5.75 Å². The minimum Gasteiger partial charge on any atom is -0.405 e. The van der Waals surface area contributed by atoms with Gasteiger partial charge in [0.1, 0.15) is 17.5 Å². The molecule has 8 nitrogen and oxygen atoms in total. The Kier molecular flexibility index (Phi) is 6.63. The van der Waals surface area contributed by atoms with Crippen LogP contribution < -0.4 is 10.1 Å². The molecule has 0 radical (unpaired) electrons. The number of aromatic nitrogens is 2. The molecule has 1 saturated carbocycles. The normalized spacial score (nSPS) is 25.8. The summed E-state index contributed by atoms with van der Waals surface area (Å²) < 4.78 is 44.4. The van der Waals surface area contributed by atoms with Crippen LogP contribution in [0.25, 0.3) is 0 Å². The summed E-state index contributed by atoms with van der Waals surface area (Å²) in [5, 5.41) is 2.78. The second-order valence-corrected chi connectivity index (χ2v) is 9.23. The van der Waals surface area contributed by atoms with Gasteiger partial charge in [-0.3, -0.25) is 14.6 Å². The highest BCUT2D eigenvalue weighted by Gasteiger charge is 2.50. The van der Waals surface area contributed by atoms with Crippen LogP contribution in [0.5, 0.6) is 5.75 Å². The Balaban J connectivity index is 1.59. The molecule has 4 atom stereocenters. The second-order valence-electron chi connectivity index (χ2n) is 9.23. The topological polar surface area (TPSA) is 96.8 Å². The van der Waals surface area contributed by atoms with Crippen molar-refractivity contribution < 1.29 is 27.5 Å². The van der Waals surface area contributed by atoms with Crippen molar-refractivity contribution in [2.75, 3.05) is 6.54 Å². The maximum atomic E-state index is 13.9. The molecule has 2 amide bonds. The van der Waals surface area contributed by atoms with Crippen molar-refractivity contribution >= 4 is 17.5 Å². The van der Waals surface area contributed by atoms with E-state index in [0.29, 0.717) is 18.0 Å². The number of fused-ring (bicyclic) bond motifs is 2. The fraction of sp³-hybridized carbons (Fsp3) is 0.480. The quantitative estimate of drug-likeness (QED) is 0.678. The van der Waals surface area contributed by atoms with E-state index in [9.17, 15) is 22.8 Å². The molecule has 2 aliphatic heterocycles. The smallest absolute Gasteiger partial charge is 0.405 e. The Hall–Kier alpha value is -3.50. The molecule has 0 bridgehead atoms. The zero-order valence-electron chi connectivity index (χ0n) is 19.4. The molecule has 36 heavy (non-hydrogen) atoms. The number of para-hydroxylation sites is 1. The van der Waals surface area contributed by atoms with E-state index in [1.54, 1.807) is 29.4 Å². The molecule has 3 heterocycles. The summed E-state index contributed by atoms with van der Waals surface area (Å²) >= 11 is 0. The van der Waals surface area contributed by atoms with Crippen LogP contribution in [-0.2, 0) is 16.0 Å². The van der Waals surface area contributed by atoms with Crippen LogP contribution in [-0.4, -0.2) is 57.4 Å². The third-order valence-corrected chi connectivity index (χ3v) is 7.02. The molecule has 5 rings (SSSR count). The average Bonchev–Trinajstić information content (AvgIpc) is 3.13. The largest absolute Gasteiger partial charge is 0.573 e. The van der Waals surface area contributed by atoms with E-state index in [4.69, 9.17) is 4.99 Å². The Morgan fingerprint density at radius 2 is 1.86 bits per heavy atom. The highest BCUT2D eigenvalue weighted by atomic mass is 19.4. The van der Waals surface area contributed by atoms with Gasteiger partial charge >= 0.3 is 6.36 Å². The number of ether oxygens (including phenoxy) is 1. The molecular weight excluding hydrogens is 475 g/mol. The van der Waals surface area contributed by atoms with Crippen LogP contribution in [0.15, 0.2) is 47.7 Å². The highest BCUT2D eigenvalue weighted by molar-refractivity contribution is 6.12. The lowest BCUT2D eigenvalue weighted by molar-refractivity contribution is -0.275. The number of hydrogen-bond acceptors (Lipinski definition) is 6. The molecule has 1 N–H and O–H groups in total. The van der Waals surface area contributed by atoms with Gasteiger partial charge < -0.3 is 15.0 Å². The third-order valence-electron chi connectivity index (χ3n) is 7.02. The highest BCUT2D eigenvalue weighted by Crippen LogP contribution is 2.44. The van der Waals surface area contributed by atoms with E-state index < -0.39 is 24.1 Å². The summed E-state index contributed by atoms with van der Waals surface area (Å²) in [6.07, 6.45) is 1.77. The zero-order chi connectivity index (χ0) is 25.3. The number of carbonyl (C=O) groups excluding carboxylic acids is 2. The first-order valence-electron chi connectivity index (χ1n) is 12.1. The van der Waals surface area contributed by atoms with Gasteiger partial charge in [-0.1, -0.05) is 31.0 Å². The van der Waals surface area contributed by atoms with Crippen molar-refractivity contribution in [1.29, 1.82) is 0 Å².